The molecule has 0 bridgehead atoms. The molecule has 0 saturated carbocycles. The first kappa shape index (κ1) is 69.8. The van der Waals surface area contributed by atoms with Gasteiger partial charge < -0.3 is 63.0 Å². The third-order valence-electron chi connectivity index (χ3n) is 13.9. The molecule has 0 aromatic rings. The smallest absolute Gasteiger partial charge is 0.246 e. The lowest BCUT2D eigenvalue weighted by Gasteiger charge is -2.34. The summed E-state index contributed by atoms with van der Waals surface area (Å²) in [6.07, 6.45) is 5.15. The number of carbonyl (C=O) groups excluding carboxylic acids is 10. The van der Waals surface area contributed by atoms with Gasteiger partial charge in [-0.2, -0.15) is 0 Å². The Bertz CT molecular complexity index is 1990. The number of Topliss-reactive ketones (excluding diaryl/α,β-unsaturated/α-hetero) is 1. The van der Waals surface area contributed by atoms with E-state index in [1.807, 2.05) is 6.92 Å². The minimum Gasteiger partial charge on any atom is -0.395 e. The SMILES string of the molecule is CCCCCC[C@@H](C)C(=O)N1CCC[C@@H]1C(=O)N[C@H](C[C@@H](C)C[C@H](O)CC(=O)CC)C(=O)N[C@@H](C)C(=O)NC(C)(C)C(=O)N[C@@H](C(=O)N[C@H](C(=O)NC(C)(C)C(=O)NC(C)(C)C(=O)N[C@H](C)CNCCO)C(C)C)C(C)C. The molecule has 1 saturated heterocycles. The number of rotatable bonds is 35. The largest absolute Gasteiger partial charge is 0.395 e. The van der Waals surface area contributed by atoms with Gasteiger partial charge in [-0.25, -0.2) is 0 Å². The quantitative estimate of drug-likeness (QED) is 0.0404. The van der Waals surface area contributed by atoms with Crippen LogP contribution in [0.2, 0.25) is 0 Å². The highest BCUT2D eigenvalue weighted by Crippen LogP contribution is 2.24. The van der Waals surface area contributed by atoms with Gasteiger partial charge in [-0.3, -0.25) is 47.9 Å². The Morgan fingerprint density at radius 1 is 0.623 bits per heavy atom. The first-order valence-electron chi connectivity index (χ1n) is 28.0. The van der Waals surface area contributed by atoms with Crippen molar-refractivity contribution in [1.29, 1.82) is 0 Å². The Morgan fingerprint density at radius 2 is 1.18 bits per heavy atom. The number of aliphatic hydroxyl groups is 2. The number of aliphatic hydroxyl groups excluding tert-OH is 2. The molecule has 9 amide bonds. The van der Waals surface area contributed by atoms with Crippen molar-refractivity contribution >= 4 is 58.9 Å². The third kappa shape index (κ3) is 23.7. The van der Waals surface area contributed by atoms with Gasteiger partial charge in [0.25, 0.3) is 0 Å². The minimum atomic E-state index is -1.67. The average molecular weight is 1090 g/mol. The summed E-state index contributed by atoms with van der Waals surface area (Å²) in [5, 5.41) is 44.3. The van der Waals surface area contributed by atoms with Crippen LogP contribution in [-0.2, 0) is 47.9 Å². The maximum atomic E-state index is 14.1. The van der Waals surface area contributed by atoms with Crippen molar-refractivity contribution in [3.63, 3.8) is 0 Å². The molecule has 22 nitrogen and oxygen atoms in total. The molecule has 0 spiro atoms. The van der Waals surface area contributed by atoms with Crippen molar-refractivity contribution in [2.75, 3.05) is 26.2 Å². The van der Waals surface area contributed by atoms with Crippen molar-refractivity contribution in [2.45, 2.75) is 240 Å². The van der Waals surface area contributed by atoms with Crippen LogP contribution in [0.4, 0.5) is 0 Å². The fourth-order valence-corrected chi connectivity index (χ4v) is 8.82. The van der Waals surface area contributed by atoms with Crippen molar-refractivity contribution < 1.29 is 58.2 Å². The second kappa shape index (κ2) is 32.6. The van der Waals surface area contributed by atoms with Crippen LogP contribution in [0.25, 0.3) is 0 Å². The molecule has 0 aromatic heterocycles. The van der Waals surface area contributed by atoms with Crippen molar-refractivity contribution in [2.24, 2.45) is 23.7 Å². The lowest BCUT2D eigenvalue weighted by atomic mass is 9.92. The van der Waals surface area contributed by atoms with E-state index in [9.17, 15) is 53.1 Å². The molecule has 1 aliphatic rings. The maximum Gasteiger partial charge on any atom is 0.246 e. The molecular weight excluding hydrogens is 993 g/mol. The molecule has 11 N–H and O–H groups in total. The lowest BCUT2D eigenvalue weighted by Crippen LogP contribution is -2.66. The number of hydrogen-bond acceptors (Lipinski definition) is 13. The fraction of sp³-hybridized carbons (Fsp3) is 0.818. The highest BCUT2D eigenvalue weighted by atomic mass is 16.3. The van der Waals surface area contributed by atoms with Gasteiger partial charge in [-0.15, -0.1) is 0 Å². The van der Waals surface area contributed by atoms with Crippen LogP contribution in [0.3, 0.4) is 0 Å². The molecule has 1 rings (SSSR count). The molecule has 0 radical (unpaired) electrons. The molecule has 1 aliphatic heterocycles. The zero-order chi connectivity index (χ0) is 59.2. The summed E-state index contributed by atoms with van der Waals surface area (Å²) in [6.45, 7) is 27.1. The predicted octanol–water partition coefficient (Wildman–Crippen LogP) is 1.77. The number of nitrogens with one attached hydrogen (secondary N) is 9. The monoisotopic (exact) mass is 1090 g/mol. The van der Waals surface area contributed by atoms with E-state index in [1.165, 1.54) is 48.5 Å². The highest BCUT2D eigenvalue weighted by Gasteiger charge is 2.42. The first-order valence-corrected chi connectivity index (χ1v) is 28.0. The van der Waals surface area contributed by atoms with Crippen molar-refractivity contribution in [3.05, 3.63) is 0 Å². The van der Waals surface area contributed by atoms with Crippen molar-refractivity contribution in [3.8, 4) is 0 Å². The van der Waals surface area contributed by atoms with E-state index >= 15 is 0 Å². The van der Waals surface area contributed by atoms with E-state index in [2.05, 4.69) is 54.8 Å². The molecule has 442 valence electrons. The second-order valence-electron chi connectivity index (χ2n) is 23.6. The summed E-state index contributed by atoms with van der Waals surface area (Å²) in [5.74, 6) is -7.31. The molecule has 1 heterocycles. The number of nitrogens with zero attached hydrogens (tertiary/aromatic N) is 1. The van der Waals surface area contributed by atoms with Crippen LogP contribution in [0, 0.1) is 23.7 Å². The minimum absolute atomic E-state index is 0.0290. The Labute approximate surface area is 458 Å². The Balaban J connectivity index is 3.19. The van der Waals surface area contributed by atoms with Gasteiger partial charge in [0.1, 0.15) is 52.6 Å². The van der Waals surface area contributed by atoms with Crippen LogP contribution in [0.1, 0.15) is 181 Å². The fourth-order valence-electron chi connectivity index (χ4n) is 8.82. The zero-order valence-corrected chi connectivity index (χ0v) is 49.4. The van der Waals surface area contributed by atoms with E-state index in [0.717, 1.165) is 25.7 Å². The number of carbonyl (C=O) groups is 10. The van der Waals surface area contributed by atoms with E-state index < -0.39 is 112 Å². The van der Waals surface area contributed by atoms with Gasteiger partial charge in [0.2, 0.25) is 53.2 Å². The number of hydrogen-bond donors (Lipinski definition) is 11. The van der Waals surface area contributed by atoms with Crippen LogP contribution < -0.4 is 47.9 Å². The van der Waals surface area contributed by atoms with Crippen LogP contribution in [0.15, 0.2) is 0 Å². The second-order valence-corrected chi connectivity index (χ2v) is 23.6. The van der Waals surface area contributed by atoms with Gasteiger partial charge in [0.15, 0.2) is 0 Å². The number of likely N-dealkylation sites (tertiary alicyclic amines) is 1. The van der Waals surface area contributed by atoms with Gasteiger partial charge in [0, 0.05) is 44.4 Å². The molecule has 9 atom stereocenters. The zero-order valence-electron chi connectivity index (χ0n) is 49.4. The normalized spacial score (nSPS) is 17.1. The van der Waals surface area contributed by atoms with E-state index in [0.29, 0.717) is 38.9 Å². The molecular formula is C55H100N10O12. The van der Waals surface area contributed by atoms with Gasteiger partial charge in [-0.1, -0.05) is 81.1 Å². The van der Waals surface area contributed by atoms with E-state index in [-0.39, 0.29) is 61.9 Å². The molecule has 22 heteroatoms. The summed E-state index contributed by atoms with van der Waals surface area (Å²) in [7, 11) is 0. The Hall–Kier alpha value is -5.22. The topological polar surface area (TPSA) is 323 Å². The third-order valence-corrected chi connectivity index (χ3v) is 13.9. The molecule has 0 unspecified atom stereocenters. The number of amides is 9. The van der Waals surface area contributed by atoms with Crippen molar-refractivity contribution in [1.82, 2.24) is 52.8 Å². The highest BCUT2D eigenvalue weighted by molar-refractivity contribution is 6.00. The summed E-state index contributed by atoms with van der Waals surface area (Å²) in [5.41, 5.74) is -4.63. The molecule has 0 aliphatic carbocycles. The maximum absolute atomic E-state index is 14.1. The Morgan fingerprint density at radius 3 is 1.75 bits per heavy atom. The Kier molecular flexibility index (Phi) is 29.6. The van der Waals surface area contributed by atoms with Gasteiger partial charge >= 0.3 is 0 Å². The summed E-state index contributed by atoms with van der Waals surface area (Å²) in [6, 6.07) is -6.00. The first-order chi connectivity index (χ1) is 35.6. The summed E-state index contributed by atoms with van der Waals surface area (Å²) in [4.78, 5) is 137. The molecule has 77 heavy (non-hydrogen) atoms. The van der Waals surface area contributed by atoms with Crippen LogP contribution >= 0.6 is 0 Å². The van der Waals surface area contributed by atoms with Crippen LogP contribution in [0.5, 0.6) is 0 Å². The van der Waals surface area contributed by atoms with Gasteiger partial charge in [0.05, 0.1) is 12.7 Å². The van der Waals surface area contributed by atoms with Gasteiger partial charge in [-0.05, 0) is 105 Å². The van der Waals surface area contributed by atoms with E-state index in [4.69, 9.17) is 5.11 Å². The molecule has 0 aromatic carbocycles. The predicted molar refractivity (Wildman–Crippen MR) is 294 cm³/mol. The lowest BCUT2D eigenvalue weighted by molar-refractivity contribution is -0.142. The summed E-state index contributed by atoms with van der Waals surface area (Å²) < 4.78 is 0. The number of unbranched alkanes of at least 4 members (excludes halogenated alkanes) is 3. The standard InChI is InChI=1S/C55H100N10O12/c1-17-19-20-21-23-35(8)49(74)65-26-22-24-41(65)46(71)59-40(29-34(7)28-39(68)30-38(67)18-2)45(70)58-37(10)44(69)62-53(11,12)51(76)61-42(32(3)4)47(72)60-43(33(5)6)48(73)63-55(15,16)52(77)64-54(13,14)50(75)57-36(9)31-56-25-27-66/h32-37,39-43,56,66,68H,17-31H2,1-16H3,(H,57,75)(H,58,70)(H,59,71)(H,60,72)(H,61,76)(H,62,69)(H,63,73)(H,64,77)/t34-,35+,36+,37-,39-,40+,41+,42+,43-/m0/s1. The van der Waals surface area contributed by atoms with E-state index in [1.54, 1.807) is 53.4 Å². The summed E-state index contributed by atoms with van der Waals surface area (Å²) >= 11 is 0. The molecule has 1 fully saturated rings. The average Bonchev–Trinajstić information content (AvgIpc) is 3.82. The number of ketones is 1. The van der Waals surface area contributed by atoms with Crippen LogP contribution in [-0.4, -0.2) is 159 Å².